The zero-order valence-corrected chi connectivity index (χ0v) is 19.9. The van der Waals surface area contributed by atoms with Gasteiger partial charge in [0.25, 0.3) is 5.91 Å². The van der Waals surface area contributed by atoms with Gasteiger partial charge in [-0.05, 0) is 69.0 Å². The molecule has 1 unspecified atom stereocenters. The van der Waals surface area contributed by atoms with Crippen LogP contribution in [0.3, 0.4) is 0 Å². The van der Waals surface area contributed by atoms with Crippen LogP contribution in [0.4, 0.5) is 6.01 Å². The lowest BCUT2D eigenvalue weighted by atomic mass is 10.0. The van der Waals surface area contributed by atoms with Crippen molar-refractivity contribution >= 4 is 21.9 Å². The number of benzene rings is 2. The lowest BCUT2D eigenvalue weighted by Gasteiger charge is -2.32. The van der Waals surface area contributed by atoms with Gasteiger partial charge in [0, 0.05) is 18.2 Å². The molecule has 1 aromatic heterocycles. The van der Waals surface area contributed by atoms with Gasteiger partial charge < -0.3 is 4.42 Å². The topological polar surface area (TPSA) is 105 Å². The van der Waals surface area contributed by atoms with E-state index in [9.17, 15) is 13.2 Å². The van der Waals surface area contributed by atoms with Crippen LogP contribution in [0.2, 0.25) is 0 Å². The monoisotopic (exact) mass is 468 g/mol. The first kappa shape index (κ1) is 23.1. The van der Waals surface area contributed by atoms with Crippen LogP contribution in [0.25, 0.3) is 0 Å². The zero-order valence-electron chi connectivity index (χ0n) is 19.0. The summed E-state index contributed by atoms with van der Waals surface area (Å²) in [6.07, 6.45) is 3.22. The van der Waals surface area contributed by atoms with Crippen molar-refractivity contribution < 1.29 is 17.6 Å². The maximum atomic E-state index is 13.0. The summed E-state index contributed by atoms with van der Waals surface area (Å²) in [6.45, 7) is 6.51. The fourth-order valence-electron chi connectivity index (χ4n) is 4.09. The molecule has 174 valence electrons. The quantitative estimate of drug-likeness (QED) is 0.584. The first-order valence-electron chi connectivity index (χ1n) is 11.1. The molecule has 1 aliphatic rings. The number of hydrogen-bond acceptors (Lipinski definition) is 6. The van der Waals surface area contributed by atoms with Gasteiger partial charge in [0.1, 0.15) is 0 Å². The average Bonchev–Trinajstić information content (AvgIpc) is 3.22. The van der Waals surface area contributed by atoms with E-state index in [1.165, 1.54) is 29.8 Å². The molecule has 4 rings (SSSR count). The van der Waals surface area contributed by atoms with Gasteiger partial charge in [-0.25, -0.2) is 8.42 Å². The van der Waals surface area contributed by atoms with Gasteiger partial charge in [-0.15, -0.1) is 5.10 Å². The summed E-state index contributed by atoms with van der Waals surface area (Å²) >= 11 is 0. The Morgan fingerprint density at radius 1 is 1.12 bits per heavy atom. The number of hydrogen-bond donors (Lipinski definition) is 1. The summed E-state index contributed by atoms with van der Waals surface area (Å²) in [7, 11) is -3.58. The number of carbonyl (C=O) groups is 1. The summed E-state index contributed by atoms with van der Waals surface area (Å²) in [5.74, 6) is -0.0543. The van der Waals surface area contributed by atoms with E-state index in [-0.39, 0.29) is 17.0 Å². The van der Waals surface area contributed by atoms with Crippen LogP contribution >= 0.6 is 0 Å². The predicted molar refractivity (Wildman–Crippen MR) is 125 cm³/mol. The number of amides is 1. The predicted octanol–water partition coefficient (Wildman–Crippen LogP) is 4.09. The summed E-state index contributed by atoms with van der Waals surface area (Å²) in [4.78, 5) is 12.8. The summed E-state index contributed by atoms with van der Waals surface area (Å²) < 4.78 is 33.0. The molecule has 1 amide bonds. The summed E-state index contributed by atoms with van der Waals surface area (Å²) in [5, 5.41) is 10.5. The van der Waals surface area contributed by atoms with Crippen molar-refractivity contribution in [3.8, 4) is 0 Å². The van der Waals surface area contributed by atoms with E-state index in [2.05, 4.69) is 21.6 Å². The second kappa shape index (κ2) is 9.44. The van der Waals surface area contributed by atoms with Crippen LogP contribution < -0.4 is 5.32 Å². The molecule has 33 heavy (non-hydrogen) atoms. The van der Waals surface area contributed by atoms with E-state index in [1.54, 1.807) is 4.31 Å². The Morgan fingerprint density at radius 3 is 2.58 bits per heavy atom. The van der Waals surface area contributed by atoms with Gasteiger partial charge in [0.2, 0.25) is 15.9 Å². The van der Waals surface area contributed by atoms with Crippen LogP contribution in [0.5, 0.6) is 0 Å². The van der Waals surface area contributed by atoms with E-state index in [1.807, 2.05) is 32.9 Å². The largest absolute Gasteiger partial charge is 0.407 e. The highest BCUT2D eigenvalue weighted by Gasteiger charge is 2.31. The number of nitrogens with one attached hydrogen (secondary N) is 1. The van der Waals surface area contributed by atoms with E-state index in [0.717, 1.165) is 30.4 Å². The number of sulfonamides is 1. The number of nitrogens with zero attached hydrogens (tertiary/aromatic N) is 3. The molecule has 1 saturated heterocycles. The van der Waals surface area contributed by atoms with Crippen molar-refractivity contribution in [2.45, 2.75) is 57.4 Å². The second-order valence-electron chi connectivity index (χ2n) is 8.55. The second-order valence-corrected chi connectivity index (χ2v) is 10.4. The Hall–Kier alpha value is -3.04. The minimum Gasteiger partial charge on any atom is -0.407 e. The van der Waals surface area contributed by atoms with Crippen LogP contribution in [0.1, 0.15) is 59.1 Å². The summed E-state index contributed by atoms with van der Waals surface area (Å²) in [5.41, 5.74) is 3.68. The van der Waals surface area contributed by atoms with Crippen molar-refractivity contribution in [2.75, 3.05) is 11.9 Å². The molecule has 1 N–H and O–H groups in total. The third kappa shape index (κ3) is 5.15. The Bertz CT molecular complexity index is 1250. The van der Waals surface area contributed by atoms with Crippen molar-refractivity contribution in [3.05, 3.63) is 70.6 Å². The van der Waals surface area contributed by atoms with Gasteiger partial charge in [0.15, 0.2) is 0 Å². The van der Waals surface area contributed by atoms with E-state index >= 15 is 0 Å². The molecule has 1 fully saturated rings. The van der Waals surface area contributed by atoms with E-state index in [0.29, 0.717) is 24.4 Å². The van der Waals surface area contributed by atoms with Crippen molar-refractivity contribution in [1.82, 2.24) is 14.5 Å². The summed E-state index contributed by atoms with van der Waals surface area (Å²) in [6, 6.07) is 12.0. The van der Waals surface area contributed by atoms with Gasteiger partial charge in [0.05, 0.1) is 11.3 Å². The van der Waals surface area contributed by atoms with Gasteiger partial charge in [-0.3, -0.25) is 10.1 Å². The minimum atomic E-state index is -3.58. The third-order valence-corrected chi connectivity index (χ3v) is 8.02. The van der Waals surface area contributed by atoms with Crippen LogP contribution in [0.15, 0.2) is 51.8 Å². The Labute approximate surface area is 194 Å². The van der Waals surface area contributed by atoms with Crippen LogP contribution in [0, 0.1) is 13.8 Å². The number of carbonyl (C=O) groups excluding carboxylic acids is 1. The lowest BCUT2D eigenvalue weighted by molar-refractivity contribution is 0.102. The number of piperidine rings is 1. The number of aromatic nitrogens is 2. The molecule has 1 aliphatic heterocycles. The maximum Gasteiger partial charge on any atom is 0.322 e. The molecule has 9 heteroatoms. The number of anilines is 1. The fourth-order valence-corrected chi connectivity index (χ4v) is 5.79. The molecule has 2 aromatic carbocycles. The van der Waals surface area contributed by atoms with Gasteiger partial charge in [-0.2, -0.15) is 4.31 Å². The lowest BCUT2D eigenvalue weighted by Crippen LogP contribution is -2.41. The third-order valence-electron chi connectivity index (χ3n) is 5.99. The van der Waals surface area contributed by atoms with Crippen molar-refractivity contribution in [3.63, 3.8) is 0 Å². The molecule has 8 nitrogen and oxygen atoms in total. The highest BCUT2D eigenvalue weighted by molar-refractivity contribution is 7.89. The molecule has 0 radical (unpaired) electrons. The molecule has 0 bridgehead atoms. The Balaban J connectivity index is 1.42. The Morgan fingerprint density at radius 2 is 1.88 bits per heavy atom. The normalized spacial score (nSPS) is 17.1. The molecule has 0 aliphatic carbocycles. The SMILES string of the molecule is Cc1ccc(Cc2nnc(NC(=O)c3ccc(S(=O)(=O)N4CCCCC4C)cc3)o2)c(C)c1. The van der Waals surface area contributed by atoms with Crippen LogP contribution in [-0.2, 0) is 16.4 Å². The first-order valence-corrected chi connectivity index (χ1v) is 12.5. The standard InChI is InChI=1S/C24H28N4O4S/c1-16-7-8-20(17(2)14-16)15-22-26-27-24(32-22)25-23(29)19-9-11-21(12-10-19)33(30,31)28-13-5-4-6-18(28)3/h7-12,14,18H,4-6,13,15H2,1-3H3,(H,25,27,29). The molecule has 2 heterocycles. The zero-order chi connectivity index (χ0) is 23.6. The van der Waals surface area contributed by atoms with Crippen molar-refractivity contribution in [2.24, 2.45) is 0 Å². The van der Waals surface area contributed by atoms with Gasteiger partial charge >= 0.3 is 6.01 Å². The van der Waals surface area contributed by atoms with Gasteiger partial charge in [-0.1, -0.05) is 35.3 Å². The number of rotatable bonds is 6. The Kier molecular flexibility index (Phi) is 6.62. The highest BCUT2D eigenvalue weighted by atomic mass is 32.2. The molecular weight excluding hydrogens is 440 g/mol. The molecule has 0 saturated carbocycles. The van der Waals surface area contributed by atoms with Crippen LogP contribution in [-0.4, -0.2) is 41.4 Å². The van der Waals surface area contributed by atoms with E-state index < -0.39 is 15.9 Å². The highest BCUT2D eigenvalue weighted by Crippen LogP contribution is 2.25. The molecule has 1 atom stereocenters. The van der Waals surface area contributed by atoms with Crippen molar-refractivity contribution in [1.29, 1.82) is 0 Å². The average molecular weight is 469 g/mol. The number of aryl methyl sites for hydroxylation is 2. The van der Waals surface area contributed by atoms with E-state index in [4.69, 9.17) is 4.42 Å². The maximum absolute atomic E-state index is 13.0. The molecule has 0 spiro atoms. The first-order chi connectivity index (χ1) is 15.7. The molecule has 3 aromatic rings. The smallest absolute Gasteiger partial charge is 0.322 e. The minimum absolute atomic E-state index is 0.00129. The fraction of sp³-hybridized carbons (Fsp3) is 0.375. The molecular formula is C24H28N4O4S.